The lowest BCUT2D eigenvalue weighted by Crippen LogP contribution is -2.47. The molecular formula is C37H51Cl3FN5O3. The molecule has 1 saturated heterocycles. The summed E-state index contributed by atoms with van der Waals surface area (Å²) in [6.07, 6.45) is 4.48. The molecule has 2 heterocycles. The van der Waals surface area contributed by atoms with Crippen molar-refractivity contribution in [1.82, 2.24) is 19.6 Å². The number of benzene rings is 2. The summed E-state index contributed by atoms with van der Waals surface area (Å²) in [5.41, 5.74) is 4.87. The van der Waals surface area contributed by atoms with Crippen LogP contribution in [0.5, 0.6) is 5.75 Å². The predicted octanol–water partition coefficient (Wildman–Crippen LogP) is 7.56. The van der Waals surface area contributed by atoms with Gasteiger partial charge in [-0.1, -0.05) is 32.0 Å². The van der Waals surface area contributed by atoms with E-state index in [1.54, 1.807) is 19.2 Å². The number of carboxylic acid groups (broad SMARTS) is 1. The quantitative estimate of drug-likeness (QED) is 0.205. The van der Waals surface area contributed by atoms with Crippen LogP contribution in [-0.2, 0) is 17.8 Å². The fraction of sp³-hybridized carbons (Fsp3) is 0.541. The lowest BCUT2D eigenvalue weighted by Gasteiger charge is -2.35. The average Bonchev–Trinajstić information content (AvgIpc) is 3.65. The van der Waals surface area contributed by atoms with Crippen molar-refractivity contribution in [3.8, 4) is 11.8 Å². The zero-order valence-corrected chi connectivity index (χ0v) is 31.5. The highest BCUT2D eigenvalue weighted by Crippen LogP contribution is 2.43. The second-order valence-corrected chi connectivity index (χ2v) is 13.5. The van der Waals surface area contributed by atoms with E-state index in [1.165, 1.54) is 11.8 Å². The van der Waals surface area contributed by atoms with Crippen molar-refractivity contribution in [1.29, 1.82) is 5.26 Å². The Morgan fingerprint density at radius 3 is 2.43 bits per heavy atom. The molecule has 1 aromatic heterocycles. The van der Waals surface area contributed by atoms with Crippen molar-refractivity contribution in [3.63, 3.8) is 0 Å². The number of nitrogens with zero attached hydrogens (tertiary/aromatic N) is 5. The maximum absolute atomic E-state index is 14.3. The number of methoxy groups -OCH3 is 1. The number of piperidine rings is 1. The molecule has 270 valence electrons. The van der Waals surface area contributed by atoms with E-state index < -0.39 is 12.0 Å². The number of hydrogen-bond acceptors (Lipinski definition) is 6. The maximum Gasteiger partial charge on any atom is 0.321 e. The van der Waals surface area contributed by atoms with Crippen molar-refractivity contribution < 1.29 is 19.0 Å². The van der Waals surface area contributed by atoms with Crippen molar-refractivity contribution in [2.24, 2.45) is 11.8 Å². The number of carbonyl (C=O) groups is 1. The van der Waals surface area contributed by atoms with Gasteiger partial charge in [-0.3, -0.25) is 14.4 Å². The number of aliphatic carboxylic acids is 1. The monoisotopic (exact) mass is 737 g/mol. The zero-order valence-electron chi connectivity index (χ0n) is 29.0. The van der Waals surface area contributed by atoms with Crippen LogP contribution >= 0.6 is 37.2 Å². The summed E-state index contributed by atoms with van der Waals surface area (Å²) in [4.78, 5) is 16.8. The molecule has 0 amide bonds. The highest BCUT2D eigenvalue weighted by Gasteiger charge is 2.42. The van der Waals surface area contributed by atoms with Gasteiger partial charge in [0.1, 0.15) is 23.7 Å². The molecule has 2 aliphatic rings. The predicted molar refractivity (Wildman–Crippen MR) is 198 cm³/mol. The fourth-order valence-corrected chi connectivity index (χ4v) is 7.99. The van der Waals surface area contributed by atoms with Crippen molar-refractivity contribution in [2.45, 2.75) is 83.3 Å². The molecule has 1 saturated carbocycles. The number of aromatic nitrogens is 2. The number of aryl methyl sites for hydroxylation is 1. The van der Waals surface area contributed by atoms with Crippen LogP contribution in [0, 0.1) is 29.0 Å². The molecule has 0 spiro atoms. The number of likely N-dealkylation sites (tertiary alicyclic amines) is 1. The van der Waals surface area contributed by atoms with Crippen LogP contribution < -0.4 is 4.74 Å². The van der Waals surface area contributed by atoms with E-state index in [4.69, 9.17) is 9.84 Å². The third kappa shape index (κ3) is 9.89. The van der Waals surface area contributed by atoms with Gasteiger partial charge in [-0.05, 0) is 112 Å². The number of hydrogen-bond donors (Lipinski definition) is 1. The Hall–Kier alpha value is -2.87. The Kier molecular flexibility index (Phi) is 16.3. The minimum absolute atomic E-state index is 0. The van der Waals surface area contributed by atoms with Crippen molar-refractivity contribution in [3.05, 3.63) is 82.4 Å². The number of rotatable bonds is 12. The van der Waals surface area contributed by atoms with E-state index in [9.17, 15) is 19.6 Å². The third-order valence-corrected chi connectivity index (χ3v) is 10.3. The molecule has 3 unspecified atom stereocenters. The van der Waals surface area contributed by atoms with Crippen LogP contribution in [-0.4, -0.2) is 76.5 Å². The van der Waals surface area contributed by atoms with E-state index >= 15 is 0 Å². The van der Waals surface area contributed by atoms with Gasteiger partial charge in [0.25, 0.3) is 0 Å². The number of ether oxygens (including phenoxy) is 1. The van der Waals surface area contributed by atoms with Crippen LogP contribution in [0.3, 0.4) is 0 Å². The van der Waals surface area contributed by atoms with Gasteiger partial charge in [-0.25, -0.2) is 4.39 Å². The molecule has 2 aromatic carbocycles. The lowest BCUT2D eigenvalue weighted by molar-refractivity contribution is -0.145. The summed E-state index contributed by atoms with van der Waals surface area (Å²) in [5, 5.41) is 24.4. The maximum atomic E-state index is 14.3. The van der Waals surface area contributed by atoms with Gasteiger partial charge >= 0.3 is 5.97 Å². The first-order chi connectivity index (χ1) is 22.1. The fourth-order valence-electron chi connectivity index (χ4n) is 7.99. The standard InChI is InChI=1S/C37H48FN5O3.3ClH/c1-6-43-34(20-31(40-43)17-25-10-11-35(46-5)28(16-25)22-39)26-12-14-42(15-13-26)23-29-19-32(41(4)36(24(2)3)37(44)45)21-33(29)27-8-7-9-30(38)18-27;;;/h7-11,16,18,20,24,26,29,32-33,36H,6,12-15,17,19,21,23H2,1-5H3,(H,44,45);3*1H/t29?,32?,33?,36-;;;/m1.../s1. The van der Waals surface area contributed by atoms with Crippen molar-refractivity contribution >= 4 is 43.2 Å². The largest absolute Gasteiger partial charge is 0.495 e. The van der Waals surface area contributed by atoms with Crippen LogP contribution in [0.1, 0.15) is 86.4 Å². The summed E-state index contributed by atoms with van der Waals surface area (Å²) in [5.74, 6) is 0.511. The normalized spacial score (nSPS) is 20.2. The van der Waals surface area contributed by atoms with E-state index in [0.29, 0.717) is 29.6 Å². The third-order valence-electron chi connectivity index (χ3n) is 10.3. The van der Waals surface area contributed by atoms with Gasteiger partial charge in [-0.15, -0.1) is 37.2 Å². The summed E-state index contributed by atoms with van der Waals surface area (Å²) >= 11 is 0. The molecule has 8 nitrogen and oxygen atoms in total. The molecule has 5 rings (SSSR count). The molecule has 3 aromatic rings. The second-order valence-electron chi connectivity index (χ2n) is 13.5. The molecule has 12 heteroatoms. The zero-order chi connectivity index (χ0) is 33.0. The van der Waals surface area contributed by atoms with Crippen molar-refractivity contribution in [2.75, 3.05) is 33.8 Å². The van der Waals surface area contributed by atoms with Gasteiger partial charge in [0.05, 0.1) is 18.4 Å². The van der Waals surface area contributed by atoms with Crippen LogP contribution in [0.2, 0.25) is 0 Å². The summed E-state index contributed by atoms with van der Waals surface area (Å²) < 4.78 is 21.8. The van der Waals surface area contributed by atoms with Crippen LogP contribution in [0.4, 0.5) is 4.39 Å². The minimum Gasteiger partial charge on any atom is -0.495 e. The first-order valence-corrected chi connectivity index (χ1v) is 16.7. The number of carboxylic acids is 1. The molecule has 1 aliphatic heterocycles. The van der Waals surface area contributed by atoms with Crippen LogP contribution in [0.15, 0.2) is 48.5 Å². The van der Waals surface area contributed by atoms with E-state index in [0.717, 1.165) is 68.7 Å². The smallest absolute Gasteiger partial charge is 0.321 e. The Morgan fingerprint density at radius 1 is 1.12 bits per heavy atom. The second kappa shape index (κ2) is 18.9. The molecule has 0 bridgehead atoms. The summed E-state index contributed by atoms with van der Waals surface area (Å²) in [6.45, 7) is 9.76. The van der Waals surface area contributed by atoms with Gasteiger partial charge in [0.15, 0.2) is 0 Å². The van der Waals surface area contributed by atoms with E-state index in [2.05, 4.69) is 33.5 Å². The summed E-state index contributed by atoms with van der Waals surface area (Å²) in [7, 11) is 3.52. The molecule has 4 atom stereocenters. The Labute approximate surface area is 309 Å². The lowest BCUT2D eigenvalue weighted by atomic mass is 9.87. The highest BCUT2D eigenvalue weighted by molar-refractivity contribution is 5.86. The average molecular weight is 739 g/mol. The molecule has 1 aliphatic carbocycles. The van der Waals surface area contributed by atoms with Gasteiger partial charge in [-0.2, -0.15) is 10.4 Å². The Morgan fingerprint density at radius 2 is 1.84 bits per heavy atom. The van der Waals surface area contributed by atoms with Crippen LogP contribution in [0.25, 0.3) is 0 Å². The first kappa shape index (κ1) is 42.3. The SMILES string of the molecule is CCn1nc(Cc2ccc(OC)c(C#N)c2)cc1C1CCN(CC2CC(N(C)[C@@H](C(=O)O)C(C)C)CC2c2cccc(F)c2)CC1.Cl.Cl.Cl. The number of nitriles is 1. The Balaban J connectivity index is 0.00000278. The molecule has 0 radical (unpaired) electrons. The van der Waals surface area contributed by atoms with E-state index in [1.807, 2.05) is 45.2 Å². The van der Waals surface area contributed by atoms with Gasteiger partial charge in [0.2, 0.25) is 0 Å². The molecule has 49 heavy (non-hydrogen) atoms. The van der Waals surface area contributed by atoms with E-state index in [-0.39, 0.29) is 60.9 Å². The summed E-state index contributed by atoms with van der Waals surface area (Å²) in [6, 6.07) is 16.8. The first-order valence-electron chi connectivity index (χ1n) is 16.7. The molecular weight excluding hydrogens is 688 g/mol. The highest BCUT2D eigenvalue weighted by atomic mass is 35.5. The number of likely N-dealkylation sites (N-methyl/N-ethyl adjacent to an activating group) is 1. The molecule has 2 fully saturated rings. The topological polar surface area (TPSA) is 94.6 Å². The van der Waals surface area contributed by atoms with Gasteiger partial charge < -0.3 is 14.7 Å². The van der Waals surface area contributed by atoms with Gasteiger partial charge in [0, 0.05) is 37.2 Å². The Bertz CT molecular complexity index is 1560. The molecule has 1 N–H and O–H groups in total. The number of halogens is 4. The minimum atomic E-state index is -0.782.